The summed E-state index contributed by atoms with van der Waals surface area (Å²) in [5.74, 6) is 0.380. The molecule has 0 aromatic heterocycles. The highest BCUT2D eigenvalue weighted by atomic mass is 16.5. The van der Waals surface area contributed by atoms with Gasteiger partial charge in [0, 0.05) is 0 Å². The standard InChI is InChI=1S/C38H72B2O8/c1-5-9-13-17-21-25-29-45-35-33(39(41)42)37(47-31-27-23-19-15-11-7-3)38(48-32-28-24-20-16-12-8-4)34(40(43)44)36(35)46-30-26-22-18-14-10-6-2/h41-44H,5-32H2,1-4H3. The third kappa shape index (κ3) is 19.0. The minimum atomic E-state index is -1.94. The van der Waals surface area contributed by atoms with Crippen LogP contribution in [-0.2, 0) is 0 Å². The first-order valence-electron chi connectivity index (χ1n) is 19.9. The molecule has 0 unspecified atom stereocenters. The molecule has 278 valence electrons. The van der Waals surface area contributed by atoms with E-state index in [2.05, 4.69) is 27.7 Å². The molecule has 0 spiro atoms. The molecule has 0 atom stereocenters. The molecular weight excluding hydrogens is 606 g/mol. The van der Waals surface area contributed by atoms with Gasteiger partial charge in [0.15, 0.2) is 23.0 Å². The predicted molar refractivity (Wildman–Crippen MR) is 202 cm³/mol. The van der Waals surface area contributed by atoms with Gasteiger partial charge in [0.25, 0.3) is 0 Å². The second-order valence-corrected chi connectivity index (χ2v) is 13.4. The summed E-state index contributed by atoms with van der Waals surface area (Å²) in [7, 11) is -3.89. The zero-order valence-corrected chi connectivity index (χ0v) is 31.4. The summed E-state index contributed by atoms with van der Waals surface area (Å²) >= 11 is 0. The van der Waals surface area contributed by atoms with E-state index in [-0.39, 0.29) is 33.9 Å². The summed E-state index contributed by atoms with van der Waals surface area (Å²) in [6.07, 6.45) is 25.7. The van der Waals surface area contributed by atoms with Crippen molar-refractivity contribution in [3.05, 3.63) is 0 Å². The molecule has 0 radical (unpaired) electrons. The first kappa shape index (κ1) is 44.4. The van der Waals surface area contributed by atoms with Crippen LogP contribution in [0.2, 0.25) is 0 Å². The topological polar surface area (TPSA) is 118 Å². The molecule has 0 saturated carbocycles. The fourth-order valence-electron chi connectivity index (χ4n) is 5.96. The average Bonchev–Trinajstić information content (AvgIpc) is 3.06. The van der Waals surface area contributed by atoms with Crippen LogP contribution in [0.4, 0.5) is 0 Å². The average molecular weight is 679 g/mol. The van der Waals surface area contributed by atoms with E-state index in [0.29, 0.717) is 26.4 Å². The molecule has 1 aromatic rings. The van der Waals surface area contributed by atoms with Gasteiger partial charge in [0.2, 0.25) is 0 Å². The molecule has 1 rings (SSSR count). The van der Waals surface area contributed by atoms with Crippen LogP contribution in [-0.4, -0.2) is 60.8 Å². The van der Waals surface area contributed by atoms with Crippen LogP contribution >= 0.6 is 0 Å². The highest BCUT2D eigenvalue weighted by Gasteiger charge is 2.38. The van der Waals surface area contributed by atoms with Crippen molar-refractivity contribution >= 4 is 25.2 Å². The Balaban J connectivity index is 3.44. The summed E-state index contributed by atoms with van der Waals surface area (Å²) in [5, 5.41) is 43.2. The largest absolute Gasteiger partial charge is 0.496 e. The van der Waals surface area contributed by atoms with Crippen LogP contribution in [0.25, 0.3) is 0 Å². The van der Waals surface area contributed by atoms with Crippen LogP contribution < -0.4 is 29.9 Å². The lowest BCUT2D eigenvalue weighted by Gasteiger charge is -2.26. The summed E-state index contributed by atoms with van der Waals surface area (Å²) in [5.41, 5.74) is 0.0412. The highest BCUT2D eigenvalue weighted by Crippen LogP contribution is 2.37. The van der Waals surface area contributed by atoms with Crippen molar-refractivity contribution in [2.45, 2.75) is 182 Å². The van der Waals surface area contributed by atoms with E-state index in [9.17, 15) is 20.1 Å². The Morgan fingerprint density at radius 3 is 0.688 bits per heavy atom. The summed E-state index contributed by atoms with van der Waals surface area (Å²) < 4.78 is 25.1. The molecular formula is C38H72B2O8. The fourth-order valence-corrected chi connectivity index (χ4v) is 5.96. The van der Waals surface area contributed by atoms with Crippen LogP contribution in [0.3, 0.4) is 0 Å². The Kier molecular flexibility index (Phi) is 28.0. The Morgan fingerprint density at radius 2 is 0.500 bits per heavy atom. The first-order valence-corrected chi connectivity index (χ1v) is 19.9. The van der Waals surface area contributed by atoms with Crippen LogP contribution in [0.1, 0.15) is 182 Å². The predicted octanol–water partition coefficient (Wildman–Crippen LogP) is 8.00. The van der Waals surface area contributed by atoms with Crippen LogP contribution in [0.15, 0.2) is 0 Å². The minimum Gasteiger partial charge on any atom is -0.490 e. The maximum Gasteiger partial charge on any atom is 0.496 e. The highest BCUT2D eigenvalue weighted by molar-refractivity contribution is 6.65. The lowest BCUT2D eigenvalue weighted by molar-refractivity contribution is 0.241. The molecule has 0 aliphatic heterocycles. The van der Waals surface area contributed by atoms with E-state index in [4.69, 9.17) is 18.9 Å². The van der Waals surface area contributed by atoms with Crippen LogP contribution in [0.5, 0.6) is 23.0 Å². The van der Waals surface area contributed by atoms with E-state index in [1.807, 2.05) is 0 Å². The van der Waals surface area contributed by atoms with E-state index in [1.165, 1.54) is 77.0 Å². The van der Waals surface area contributed by atoms with Crippen molar-refractivity contribution < 1.29 is 39.0 Å². The lowest BCUT2D eigenvalue weighted by atomic mass is 9.71. The van der Waals surface area contributed by atoms with Gasteiger partial charge in [-0.2, -0.15) is 0 Å². The maximum absolute atomic E-state index is 10.8. The van der Waals surface area contributed by atoms with Crippen molar-refractivity contribution in [2.75, 3.05) is 26.4 Å². The second kappa shape index (κ2) is 30.2. The maximum atomic E-state index is 10.8. The Labute approximate surface area is 295 Å². The zero-order valence-electron chi connectivity index (χ0n) is 31.4. The van der Waals surface area contributed by atoms with Crippen molar-refractivity contribution in [3.8, 4) is 23.0 Å². The van der Waals surface area contributed by atoms with Gasteiger partial charge in [-0.05, 0) is 25.7 Å². The van der Waals surface area contributed by atoms with Gasteiger partial charge in [0.05, 0.1) is 37.4 Å². The van der Waals surface area contributed by atoms with Gasteiger partial charge in [-0.3, -0.25) is 0 Å². The molecule has 8 nitrogen and oxygen atoms in total. The van der Waals surface area contributed by atoms with Gasteiger partial charge in [-0.25, -0.2) is 0 Å². The summed E-state index contributed by atoms with van der Waals surface area (Å²) in [4.78, 5) is 0. The van der Waals surface area contributed by atoms with E-state index < -0.39 is 14.2 Å². The van der Waals surface area contributed by atoms with Gasteiger partial charge < -0.3 is 39.0 Å². The summed E-state index contributed by atoms with van der Waals surface area (Å²) in [6.45, 7) is 10.1. The lowest BCUT2D eigenvalue weighted by Crippen LogP contribution is -2.41. The molecule has 10 heteroatoms. The third-order valence-electron chi connectivity index (χ3n) is 8.88. The zero-order chi connectivity index (χ0) is 35.2. The Bertz CT molecular complexity index is 768. The number of rotatable bonds is 34. The molecule has 0 saturated heterocycles. The Morgan fingerprint density at radius 1 is 0.312 bits per heavy atom. The monoisotopic (exact) mass is 679 g/mol. The number of unbranched alkanes of at least 4 members (excludes halogenated alkanes) is 20. The molecule has 0 fully saturated rings. The normalized spacial score (nSPS) is 11.2. The Hall–Kier alpha value is -1.61. The molecule has 0 aliphatic carbocycles. The van der Waals surface area contributed by atoms with E-state index in [1.54, 1.807) is 0 Å². The number of benzene rings is 1. The van der Waals surface area contributed by atoms with Gasteiger partial charge in [-0.1, -0.05) is 156 Å². The number of ether oxygens (including phenoxy) is 4. The molecule has 4 N–H and O–H groups in total. The van der Waals surface area contributed by atoms with Crippen molar-refractivity contribution in [3.63, 3.8) is 0 Å². The van der Waals surface area contributed by atoms with Gasteiger partial charge in [0.1, 0.15) is 0 Å². The molecule has 0 aliphatic rings. The van der Waals surface area contributed by atoms with Gasteiger partial charge >= 0.3 is 14.2 Å². The van der Waals surface area contributed by atoms with Gasteiger partial charge in [-0.15, -0.1) is 0 Å². The van der Waals surface area contributed by atoms with Crippen LogP contribution in [0, 0.1) is 0 Å². The smallest absolute Gasteiger partial charge is 0.490 e. The fraction of sp³-hybridized carbons (Fsp3) is 0.842. The number of hydrogen-bond donors (Lipinski definition) is 4. The molecule has 48 heavy (non-hydrogen) atoms. The first-order chi connectivity index (χ1) is 23.4. The second-order valence-electron chi connectivity index (χ2n) is 13.4. The van der Waals surface area contributed by atoms with Crippen molar-refractivity contribution in [1.29, 1.82) is 0 Å². The summed E-state index contributed by atoms with van der Waals surface area (Å²) in [6, 6.07) is 0. The molecule has 0 amide bonds. The molecule has 0 bridgehead atoms. The molecule has 1 aromatic carbocycles. The number of hydrogen-bond acceptors (Lipinski definition) is 8. The van der Waals surface area contributed by atoms with E-state index in [0.717, 1.165) is 77.0 Å². The third-order valence-corrected chi connectivity index (χ3v) is 8.88. The molecule has 0 heterocycles. The quantitative estimate of drug-likeness (QED) is 0.0428. The minimum absolute atomic E-state index is 0.0206. The van der Waals surface area contributed by atoms with Crippen molar-refractivity contribution in [1.82, 2.24) is 0 Å². The van der Waals surface area contributed by atoms with Crippen molar-refractivity contribution in [2.24, 2.45) is 0 Å². The SMILES string of the molecule is CCCCCCCCOc1c(OCCCCCCCC)c(B(O)O)c(OCCCCCCCC)c(OCCCCCCCC)c1B(O)O. The van der Waals surface area contributed by atoms with E-state index >= 15 is 0 Å².